The maximum Gasteiger partial charge on any atom is 0.279 e. The quantitative estimate of drug-likeness (QED) is 0.443. The monoisotopic (exact) mass is 366 g/mol. The van der Waals surface area contributed by atoms with Crippen LogP contribution >= 0.6 is 11.3 Å². The highest BCUT2D eigenvalue weighted by molar-refractivity contribution is 7.12. The van der Waals surface area contributed by atoms with Crippen molar-refractivity contribution in [2.75, 3.05) is 0 Å². The summed E-state index contributed by atoms with van der Waals surface area (Å²) in [5.74, 6) is 0. The maximum absolute atomic E-state index is 12.6. The molecular formula is C17H10N4O4S. The number of benzene rings is 2. The molecule has 0 aliphatic carbocycles. The van der Waals surface area contributed by atoms with E-state index in [4.69, 9.17) is 0 Å². The first kappa shape index (κ1) is 15.9. The Labute approximate surface area is 149 Å². The van der Waals surface area contributed by atoms with E-state index < -0.39 is 4.92 Å². The standard InChI is InChI=1S/C17H10N4O4S/c22-15-12-3-1-2-4-13(12)16(23)20(19-15)17-18-14(9-26-17)10-5-7-11(8-6-10)21(24)25/h1-9H,(H,19,22). The van der Waals surface area contributed by atoms with E-state index in [-0.39, 0.29) is 16.8 Å². The van der Waals surface area contributed by atoms with Crippen molar-refractivity contribution in [3.8, 4) is 16.4 Å². The summed E-state index contributed by atoms with van der Waals surface area (Å²) in [6.45, 7) is 0. The molecule has 128 valence electrons. The SMILES string of the molecule is O=c1[nH]n(-c2nc(-c3ccc([N+](=O)[O-])cc3)cs2)c(=O)c2ccccc12. The highest BCUT2D eigenvalue weighted by Crippen LogP contribution is 2.25. The average molecular weight is 366 g/mol. The fourth-order valence-corrected chi connectivity index (χ4v) is 3.38. The molecule has 2 aromatic heterocycles. The summed E-state index contributed by atoms with van der Waals surface area (Å²) < 4.78 is 1.12. The van der Waals surface area contributed by atoms with Gasteiger partial charge in [0, 0.05) is 23.1 Å². The van der Waals surface area contributed by atoms with Crippen molar-refractivity contribution in [2.24, 2.45) is 0 Å². The lowest BCUT2D eigenvalue weighted by Gasteiger charge is -2.03. The van der Waals surface area contributed by atoms with Gasteiger partial charge in [-0.25, -0.2) is 4.98 Å². The highest BCUT2D eigenvalue weighted by Gasteiger charge is 2.13. The Morgan fingerprint density at radius 3 is 2.42 bits per heavy atom. The van der Waals surface area contributed by atoms with Crippen LogP contribution in [0.3, 0.4) is 0 Å². The van der Waals surface area contributed by atoms with Crippen LogP contribution in [-0.4, -0.2) is 19.7 Å². The summed E-state index contributed by atoms with van der Waals surface area (Å²) in [5.41, 5.74) is 0.464. The van der Waals surface area contributed by atoms with E-state index >= 15 is 0 Å². The van der Waals surface area contributed by atoms with E-state index in [1.807, 2.05) is 0 Å². The molecule has 0 aliphatic heterocycles. The number of fused-ring (bicyclic) bond motifs is 1. The second-order valence-corrected chi connectivity index (χ2v) is 6.28. The molecule has 0 spiro atoms. The summed E-state index contributed by atoms with van der Waals surface area (Å²) in [6, 6.07) is 12.5. The minimum Gasteiger partial charge on any atom is -0.267 e. The zero-order valence-corrected chi connectivity index (χ0v) is 13.9. The number of nitro groups is 1. The molecular weight excluding hydrogens is 356 g/mol. The van der Waals surface area contributed by atoms with Crippen molar-refractivity contribution in [3.05, 3.63) is 84.7 Å². The van der Waals surface area contributed by atoms with Crippen LogP contribution in [0.1, 0.15) is 0 Å². The van der Waals surface area contributed by atoms with Crippen molar-refractivity contribution >= 4 is 27.8 Å². The highest BCUT2D eigenvalue weighted by atomic mass is 32.1. The van der Waals surface area contributed by atoms with Crippen LogP contribution in [-0.2, 0) is 0 Å². The number of nitrogens with one attached hydrogen (secondary N) is 1. The van der Waals surface area contributed by atoms with E-state index in [2.05, 4.69) is 10.1 Å². The predicted octanol–water partition coefficient (Wildman–Crippen LogP) is 2.71. The van der Waals surface area contributed by atoms with E-state index in [1.54, 1.807) is 41.8 Å². The van der Waals surface area contributed by atoms with Crippen LogP contribution in [0.25, 0.3) is 27.2 Å². The lowest BCUT2D eigenvalue weighted by molar-refractivity contribution is -0.384. The number of aromatic nitrogens is 3. The van der Waals surface area contributed by atoms with Gasteiger partial charge in [0.25, 0.3) is 16.8 Å². The summed E-state index contributed by atoms with van der Waals surface area (Å²) in [7, 11) is 0. The minimum atomic E-state index is -0.477. The third-order valence-corrected chi connectivity index (χ3v) is 4.70. The van der Waals surface area contributed by atoms with Crippen LogP contribution in [0.2, 0.25) is 0 Å². The van der Waals surface area contributed by atoms with Crippen LogP contribution in [0.4, 0.5) is 5.69 Å². The van der Waals surface area contributed by atoms with Crippen LogP contribution in [0.5, 0.6) is 0 Å². The Bertz CT molecular complexity index is 1250. The number of non-ortho nitro benzene ring substituents is 1. The molecule has 0 aliphatic rings. The zero-order valence-electron chi connectivity index (χ0n) is 13.1. The lowest BCUT2D eigenvalue weighted by atomic mass is 10.1. The third kappa shape index (κ3) is 2.60. The molecule has 2 heterocycles. The fraction of sp³-hybridized carbons (Fsp3) is 0. The van der Waals surface area contributed by atoms with Gasteiger partial charge in [0.05, 0.1) is 21.4 Å². The van der Waals surface area contributed by atoms with Crippen LogP contribution in [0.15, 0.2) is 63.5 Å². The molecule has 0 saturated heterocycles. The number of thiazole rings is 1. The Morgan fingerprint density at radius 2 is 1.73 bits per heavy atom. The minimum absolute atomic E-state index is 0.0146. The van der Waals surface area contributed by atoms with E-state index in [1.165, 1.54) is 23.5 Å². The second kappa shape index (κ2) is 6.05. The molecule has 4 aromatic rings. The Kier molecular flexibility index (Phi) is 3.70. The van der Waals surface area contributed by atoms with Crippen LogP contribution < -0.4 is 11.1 Å². The van der Waals surface area contributed by atoms with E-state index in [0.717, 1.165) is 4.68 Å². The first-order chi connectivity index (χ1) is 12.5. The summed E-state index contributed by atoms with van der Waals surface area (Å²) >= 11 is 1.19. The smallest absolute Gasteiger partial charge is 0.267 e. The van der Waals surface area contributed by atoms with Gasteiger partial charge in [-0.3, -0.25) is 24.8 Å². The number of hydrogen-bond donors (Lipinski definition) is 1. The van der Waals surface area contributed by atoms with E-state index in [0.29, 0.717) is 27.2 Å². The van der Waals surface area contributed by atoms with Gasteiger partial charge in [0.2, 0.25) is 5.13 Å². The first-order valence-electron chi connectivity index (χ1n) is 7.49. The molecule has 0 atom stereocenters. The Balaban J connectivity index is 1.80. The molecule has 0 radical (unpaired) electrons. The number of aromatic amines is 1. The molecule has 26 heavy (non-hydrogen) atoms. The predicted molar refractivity (Wildman–Crippen MR) is 97.9 cm³/mol. The summed E-state index contributed by atoms with van der Waals surface area (Å²) in [6.07, 6.45) is 0. The molecule has 0 unspecified atom stereocenters. The average Bonchev–Trinajstić information content (AvgIpc) is 3.15. The third-order valence-electron chi connectivity index (χ3n) is 3.88. The van der Waals surface area contributed by atoms with Gasteiger partial charge in [0.15, 0.2) is 0 Å². The lowest BCUT2D eigenvalue weighted by Crippen LogP contribution is -2.28. The van der Waals surface area contributed by atoms with Crippen molar-refractivity contribution < 1.29 is 4.92 Å². The first-order valence-corrected chi connectivity index (χ1v) is 8.37. The van der Waals surface area contributed by atoms with Gasteiger partial charge >= 0.3 is 0 Å². The number of H-pyrrole nitrogens is 1. The van der Waals surface area contributed by atoms with Crippen molar-refractivity contribution in [1.29, 1.82) is 0 Å². The molecule has 0 amide bonds. The van der Waals surface area contributed by atoms with Crippen molar-refractivity contribution in [2.45, 2.75) is 0 Å². The number of nitrogens with zero attached hydrogens (tertiary/aromatic N) is 3. The van der Waals surface area contributed by atoms with Gasteiger partial charge in [-0.1, -0.05) is 12.1 Å². The van der Waals surface area contributed by atoms with Gasteiger partial charge in [-0.05, 0) is 24.3 Å². The number of rotatable bonds is 3. The van der Waals surface area contributed by atoms with Crippen LogP contribution in [0, 0.1) is 10.1 Å². The van der Waals surface area contributed by atoms with Crippen molar-refractivity contribution in [1.82, 2.24) is 14.8 Å². The molecule has 9 heteroatoms. The largest absolute Gasteiger partial charge is 0.279 e. The Morgan fingerprint density at radius 1 is 1.04 bits per heavy atom. The molecule has 2 aromatic carbocycles. The zero-order chi connectivity index (χ0) is 18.3. The maximum atomic E-state index is 12.6. The van der Waals surface area contributed by atoms with Gasteiger partial charge in [-0.15, -0.1) is 11.3 Å². The summed E-state index contributed by atoms with van der Waals surface area (Å²) in [5, 5.41) is 15.9. The molecule has 0 fully saturated rings. The Hall–Kier alpha value is -3.59. The normalized spacial score (nSPS) is 10.9. The molecule has 0 saturated carbocycles. The second-order valence-electron chi connectivity index (χ2n) is 5.45. The topological polar surface area (TPSA) is 111 Å². The van der Waals surface area contributed by atoms with Gasteiger partial charge in [-0.2, -0.15) is 4.68 Å². The molecule has 4 rings (SSSR count). The molecule has 0 bridgehead atoms. The fourth-order valence-electron chi connectivity index (χ4n) is 2.59. The van der Waals surface area contributed by atoms with Gasteiger partial charge < -0.3 is 0 Å². The number of hydrogen-bond acceptors (Lipinski definition) is 6. The van der Waals surface area contributed by atoms with Crippen molar-refractivity contribution in [3.63, 3.8) is 0 Å². The molecule has 1 N–H and O–H groups in total. The summed E-state index contributed by atoms with van der Waals surface area (Å²) in [4.78, 5) is 39.5. The van der Waals surface area contributed by atoms with Gasteiger partial charge in [0.1, 0.15) is 0 Å². The van der Waals surface area contributed by atoms with E-state index in [9.17, 15) is 19.7 Å². The number of nitro benzene ring substituents is 1. The molecule has 8 nitrogen and oxygen atoms in total.